The molecule has 2 atom stereocenters. The Balaban J connectivity index is 2.07. The zero-order valence-electron chi connectivity index (χ0n) is 13.4. The Bertz CT molecular complexity index is 452. The first-order valence-corrected chi connectivity index (χ1v) is 7.97. The summed E-state index contributed by atoms with van der Waals surface area (Å²) in [5, 5.41) is 3.61. The van der Waals surface area contributed by atoms with Crippen LogP contribution in [0, 0.1) is 5.82 Å². The van der Waals surface area contributed by atoms with E-state index in [0.717, 1.165) is 25.1 Å². The summed E-state index contributed by atoms with van der Waals surface area (Å²) in [6.45, 7) is 7.08. The molecule has 1 saturated heterocycles. The van der Waals surface area contributed by atoms with Gasteiger partial charge in [0, 0.05) is 43.3 Å². The van der Waals surface area contributed by atoms with Crippen molar-refractivity contribution in [1.82, 2.24) is 10.2 Å². The smallest absolute Gasteiger partial charge is 0.131 e. The molecule has 1 aromatic carbocycles. The first-order chi connectivity index (χ1) is 10.2. The number of piperazine rings is 1. The predicted molar refractivity (Wildman–Crippen MR) is 84.1 cm³/mol. The molecular weight excluding hydrogens is 267 g/mol. The molecule has 1 N–H and O–H groups in total. The minimum absolute atomic E-state index is 0.172. The molecule has 1 heterocycles. The molecular formula is C17H27FN2O. The number of hydrogen-bond donors (Lipinski definition) is 1. The number of ether oxygens (including phenoxy) is 1. The van der Waals surface area contributed by atoms with Gasteiger partial charge in [-0.1, -0.05) is 26.3 Å². The van der Waals surface area contributed by atoms with Gasteiger partial charge in [0.25, 0.3) is 0 Å². The van der Waals surface area contributed by atoms with Gasteiger partial charge in [-0.15, -0.1) is 0 Å². The van der Waals surface area contributed by atoms with Crippen LogP contribution in [0.1, 0.15) is 38.7 Å². The Morgan fingerprint density at radius 1 is 1.38 bits per heavy atom. The van der Waals surface area contributed by atoms with E-state index in [1.54, 1.807) is 7.11 Å². The average molecular weight is 294 g/mol. The van der Waals surface area contributed by atoms with Crippen molar-refractivity contribution < 1.29 is 9.13 Å². The third-order valence-electron chi connectivity index (χ3n) is 4.36. The third-order valence-corrected chi connectivity index (χ3v) is 4.36. The highest BCUT2D eigenvalue weighted by Crippen LogP contribution is 2.21. The summed E-state index contributed by atoms with van der Waals surface area (Å²) in [6, 6.07) is 6.17. The number of methoxy groups -OCH3 is 1. The van der Waals surface area contributed by atoms with Gasteiger partial charge >= 0.3 is 0 Å². The number of nitrogens with zero attached hydrogens (tertiary/aromatic N) is 1. The van der Waals surface area contributed by atoms with E-state index in [-0.39, 0.29) is 5.82 Å². The lowest BCUT2D eigenvalue weighted by molar-refractivity contribution is 0.114. The second-order valence-electron chi connectivity index (χ2n) is 5.84. The molecule has 0 radical (unpaired) electrons. The van der Waals surface area contributed by atoms with Crippen LogP contribution in [0.15, 0.2) is 18.2 Å². The van der Waals surface area contributed by atoms with Gasteiger partial charge in [0.1, 0.15) is 11.6 Å². The maximum atomic E-state index is 14.1. The molecule has 0 spiro atoms. The fourth-order valence-corrected chi connectivity index (χ4v) is 3.07. The molecule has 21 heavy (non-hydrogen) atoms. The van der Waals surface area contributed by atoms with Crippen LogP contribution in [-0.2, 0) is 6.54 Å². The Hall–Kier alpha value is -1.13. The second-order valence-corrected chi connectivity index (χ2v) is 5.84. The van der Waals surface area contributed by atoms with E-state index in [4.69, 9.17) is 4.74 Å². The lowest BCUT2D eigenvalue weighted by atomic mass is 10.0. The summed E-state index contributed by atoms with van der Waals surface area (Å²) < 4.78 is 19.2. The van der Waals surface area contributed by atoms with Crippen LogP contribution in [0.25, 0.3) is 0 Å². The first-order valence-electron chi connectivity index (χ1n) is 7.97. The summed E-state index contributed by atoms with van der Waals surface area (Å²) in [6.07, 6.45) is 3.45. The van der Waals surface area contributed by atoms with Gasteiger partial charge in [-0.25, -0.2) is 4.39 Å². The molecule has 0 bridgehead atoms. The molecule has 0 aromatic heterocycles. The topological polar surface area (TPSA) is 24.5 Å². The third kappa shape index (κ3) is 4.17. The summed E-state index contributed by atoms with van der Waals surface area (Å²) in [5.74, 6) is 0.405. The monoisotopic (exact) mass is 294 g/mol. The van der Waals surface area contributed by atoms with Crippen molar-refractivity contribution in [2.24, 2.45) is 0 Å². The van der Waals surface area contributed by atoms with Crippen molar-refractivity contribution >= 4 is 0 Å². The van der Waals surface area contributed by atoms with Crippen molar-refractivity contribution in [3.05, 3.63) is 29.6 Å². The van der Waals surface area contributed by atoms with E-state index < -0.39 is 0 Å². The Kier molecular flexibility index (Phi) is 6.00. The summed E-state index contributed by atoms with van der Waals surface area (Å²) in [7, 11) is 1.56. The highest BCUT2D eigenvalue weighted by atomic mass is 19.1. The lowest BCUT2D eigenvalue weighted by Crippen LogP contribution is -2.55. The van der Waals surface area contributed by atoms with Crippen molar-refractivity contribution in [2.45, 2.75) is 51.7 Å². The Labute approximate surface area is 127 Å². The molecule has 1 aliphatic heterocycles. The summed E-state index contributed by atoms with van der Waals surface area (Å²) in [5.41, 5.74) is 0.756. The van der Waals surface area contributed by atoms with E-state index in [2.05, 4.69) is 24.1 Å². The number of rotatable bonds is 6. The van der Waals surface area contributed by atoms with Crippen LogP contribution in [0.2, 0.25) is 0 Å². The van der Waals surface area contributed by atoms with E-state index in [1.807, 2.05) is 12.1 Å². The molecule has 1 fully saturated rings. The molecule has 3 nitrogen and oxygen atoms in total. The molecule has 1 aliphatic rings. The predicted octanol–water partition coefficient (Wildman–Crippen LogP) is 3.19. The highest BCUT2D eigenvalue weighted by Gasteiger charge is 2.26. The van der Waals surface area contributed by atoms with E-state index in [1.165, 1.54) is 18.9 Å². The van der Waals surface area contributed by atoms with E-state index in [9.17, 15) is 4.39 Å². The maximum absolute atomic E-state index is 14.1. The quantitative estimate of drug-likeness (QED) is 0.872. The van der Waals surface area contributed by atoms with Gasteiger partial charge in [0.05, 0.1) is 7.11 Å². The summed E-state index contributed by atoms with van der Waals surface area (Å²) in [4.78, 5) is 2.42. The Morgan fingerprint density at radius 2 is 2.19 bits per heavy atom. The fraction of sp³-hybridized carbons (Fsp3) is 0.647. The van der Waals surface area contributed by atoms with Crippen molar-refractivity contribution in [3.8, 4) is 5.75 Å². The molecule has 0 saturated carbocycles. The van der Waals surface area contributed by atoms with Crippen LogP contribution >= 0.6 is 0 Å². The van der Waals surface area contributed by atoms with Gasteiger partial charge in [0.2, 0.25) is 0 Å². The van der Waals surface area contributed by atoms with Gasteiger partial charge in [-0.3, -0.25) is 4.90 Å². The zero-order chi connectivity index (χ0) is 15.2. The van der Waals surface area contributed by atoms with Gasteiger partial charge in [0.15, 0.2) is 0 Å². The number of hydrogen-bond acceptors (Lipinski definition) is 3. The lowest BCUT2D eigenvalue weighted by Gasteiger charge is -2.40. The first kappa shape index (κ1) is 16.2. The molecule has 2 rings (SSSR count). The molecule has 4 heteroatoms. The number of nitrogens with one attached hydrogen (secondary N) is 1. The molecule has 118 valence electrons. The highest BCUT2D eigenvalue weighted by molar-refractivity contribution is 5.29. The van der Waals surface area contributed by atoms with Crippen molar-refractivity contribution in [3.63, 3.8) is 0 Å². The van der Waals surface area contributed by atoms with Gasteiger partial charge in [-0.05, 0) is 18.9 Å². The van der Waals surface area contributed by atoms with Crippen LogP contribution < -0.4 is 10.1 Å². The van der Waals surface area contributed by atoms with Crippen LogP contribution in [0.3, 0.4) is 0 Å². The maximum Gasteiger partial charge on any atom is 0.131 e. The molecule has 0 amide bonds. The van der Waals surface area contributed by atoms with Crippen molar-refractivity contribution in [2.75, 3.05) is 20.2 Å². The largest absolute Gasteiger partial charge is 0.497 e. The Morgan fingerprint density at radius 3 is 2.81 bits per heavy atom. The molecule has 0 aliphatic carbocycles. The van der Waals surface area contributed by atoms with E-state index >= 15 is 0 Å². The van der Waals surface area contributed by atoms with Crippen LogP contribution in [0.5, 0.6) is 5.75 Å². The van der Waals surface area contributed by atoms with Crippen LogP contribution in [-0.4, -0.2) is 37.2 Å². The summed E-state index contributed by atoms with van der Waals surface area (Å²) >= 11 is 0. The molecule has 2 unspecified atom stereocenters. The number of benzene rings is 1. The average Bonchev–Trinajstić information content (AvgIpc) is 2.50. The SMILES string of the molecule is CCCC1CN(Cc2ccc(OC)cc2F)C(CC)CN1. The zero-order valence-corrected chi connectivity index (χ0v) is 13.4. The fourth-order valence-electron chi connectivity index (χ4n) is 3.07. The van der Waals surface area contributed by atoms with Crippen molar-refractivity contribution in [1.29, 1.82) is 0 Å². The van der Waals surface area contributed by atoms with Gasteiger partial charge in [-0.2, -0.15) is 0 Å². The second kappa shape index (κ2) is 7.76. The van der Waals surface area contributed by atoms with Gasteiger partial charge < -0.3 is 10.1 Å². The minimum Gasteiger partial charge on any atom is -0.497 e. The normalized spacial score (nSPS) is 23.2. The standard InChI is InChI=1S/C17H27FN2O/c1-4-6-14-12-20(15(5-2)10-19-14)11-13-7-8-16(21-3)9-17(13)18/h7-9,14-15,19H,4-6,10-12H2,1-3H3. The number of halogens is 1. The minimum atomic E-state index is -0.172. The van der Waals surface area contributed by atoms with Crippen LogP contribution in [0.4, 0.5) is 4.39 Å². The molecule has 1 aromatic rings. The van der Waals surface area contributed by atoms with E-state index in [0.29, 0.717) is 24.4 Å².